The minimum Gasteiger partial charge on any atom is -0.446 e. The molecule has 1 atom stereocenters. The van der Waals surface area contributed by atoms with Crippen LogP contribution in [0.4, 0.5) is 15.3 Å². The lowest BCUT2D eigenvalue weighted by Gasteiger charge is -2.32. The maximum atomic E-state index is 12.7. The third-order valence-corrected chi connectivity index (χ3v) is 8.19. The monoisotopic (exact) mass is 538 g/mol. The summed E-state index contributed by atoms with van der Waals surface area (Å²) in [6.45, 7) is 11.6. The van der Waals surface area contributed by atoms with E-state index in [1.165, 1.54) is 11.1 Å². The van der Waals surface area contributed by atoms with Crippen molar-refractivity contribution in [2.45, 2.75) is 45.8 Å². The number of hydrazone groups is 1. The maximum absolute atomic E-state index is 12.7. The van der Waals surface area contributed by atoms with E-state index in [1.54, 1.807) is 0 Å². The molecule has 2 aromatic carbocycles. The summed E-state index contributed by atoms with van der Waals surface area (Å²) in [6.07, 6.45) is 1.19. The molecule has 2 heterocycles. The number of aryl methyl sites for hydroxylation is 2. The zero-order chi connectivity index (χ0) is 26.5. The van der Waals surface area contributed by atoms with Crippen LogP contribution in [0.2, 0.25) is 0 Å². The lowest BCUT2D eigenvalue weighted by Crippen LogP contribution is -2.39. The van der Waals surface area contributed by atoms with Gasteiger partial charge in [0.15, 0.2) is 0 Å². The second kappa shape index (κ2) is 12.2. The molecule has 37 heavy (non-hydrogen) atoms. The Morgan fingerprint density at radius 1 is 1.19 bits per heavy atom. The number of ether oxygens (including phenoxy) is 1. The quantitative estimate of drug-likeness (QED) is 0.409. The second-order valence-electron chi connectivity index (χ2n) is 9.23. The molecule has 0 N–H and O–H groups in total. The minimum absolute atomic E-state index is 0.182. The van der Waals surface area contributed by atoms with Gasteiger partial charge in [0.05, 0.1) is 11.0 Å². The minimum atomic E-state index is -0.735. The van der Waals surface area contributed by atoms with Crippen molar-refractivity contribution in [3.8, 4) is 0 Å². The predicted octanol–water partition coefficient (Wildman–Crippen LogP) is 5.86. The van der Waals surface area contributed by atoms with Gasteiger partial charge < -0.3 is 14.5 Å². The average molecular weight is 539 g/mol. The Bertz CT molecular complexity index is 1190. The first-order valence-corrected chi connectivity index (χ1v) is 14.1. The molecule has 2 aliphatic rings. The predicted molar refractivity (Wildman–Crippen MR) is 155 cm³/mol. The smallest absolute Gasteiger partial charge is 0.438 e. The van der Waals surface area contributed by atoms with Crippen molar-refractivity contribution in [2.75, 3.05) is 37.7 Å². The molecule has 0 bridgehead atoms. The molecule has 2 amide bonds. The van der Waals surface area contributed by atoms with Crippen molar-refractivity contribution in [2.24, 2.45) is 5.10 Å². The highest BCUT2D eigenvalue weighted by Crippen LogP contribution is 2.33. The molecule has 0 radical (unpaired) electrons. The largest absolute Gasteiger partial charge is 0.446 e. The summed E-state index contributed by atoms with van der Waals surface area (Å²) in [7, 11) is 0. The fourth-order valence-corrected chi connectivity index (χ4v) is 5.72. The summed E-state index contributed by atoms with van der Waals surface area (Å²) in [5.74, 6) is 0. The molecule has 1 unspecified atom stereocenters. The summed E-state index contributed by atoms with van der Waals surface area (Å²) < 4.78 is 5.37. The molecule has 0 saturated carbocycles. The van der Waals surface area contributed by atoms with Crippen LogP contribution in [-0.4, -0.2) is 70.0 Å². The summed E-state index contributed by atoms with van der Waals surface area (Å²) in [6, 6.07) is 14.5. The van der Waals surface area contributed by atoms with Crippen LogP contribution in [0.5, 0.6) is 0 Å². The van der Waals surface area contributed by atoms with Crippen molar-refractivity contribution >= 4 is 51.7 Å². The number of nitrogens with zero attached hydrogens (tertiary/aromatic N) is 4. The van der Waals surface area contributed by atoms with Gasteiger partial charge in [0.1, 0.15) is 11.6 Å². The number of benzene rings is 2. The highest BCUT2D eigenvalue weighted by Gasteiger charge is 2.34. The Hall–Kier alpha value is -2.75. The summed E-state index contributed by atoms with van der Waals surface area (Å²) in [5.41, 5.74) is 6.11. The Kier molecular flexibility index (Phi) is 9.00. The normalized spacial score (nSPS) is 17.5. The van der Waals surface area contributed by atoms with E-state index in [-0.39, 0.29) is 11.9 Å². The van der Waals surface area contributed by atoms with Crippen molar-refractivity contribution in [1.29, 1.82) is 0 Å². The second-order valence-corrected chi connectivity index (χ2v) is 10.9. The maximum Gasteiger partial charge on any atom is 0.438 e. The van der Waals surface area contributed by atoms with Gasteiger partial charge in [0.25, 0.3) is 0 Å². The van der Waals surface area contributed by atoms with E-state index in [0.717, 1.165) is 71.0 Å². The molecule has 2 aliphatic heterocycles. The molecular weight excluding hydrogens is 504 g/mol. The number of carbonyl (C=O) groups excluding carboxylic acids is 2. The van der Waals surface area contributed by atoms with Gasteiger partial charge in [0.2, 0.25) is 0 Å². The van der Waals surface area contributed by atoms with Crippen LogP contribution in [0.25, 0.3) is 0 Å². The number of thiocarbonyl (C=S) groups is 1. The first-order chi connectivity index (χ1) is 17.8. The van der Waals surface area contributed by atoms with Gasteiger partial charge >= 0.3 is 11.3 Å². The average Bonchev–Trinajstić information content (AvgIpc) is 2.90. The number of likely N-dealkylation sites (N-methyl/N-ethyl adjacent to an activating group) is 1. The summed E-state index contributed by atoms with van der Waals surface area (Å²) in [4.78, 5) is 30.4. The van der Waals surface area contributed by atoms with E-state index in [9.17, 15) is 9.59 Å². The van der Waals surface area contributed by atoms with Crippen LogP contribution in [-0.2, 0) is 11.2 Å². The highest BCUT2D eigenvalue weighted by molar-refractivity contribution is 8.14. The molecule has 0 aromatic heterocycles. The molecular formula is C28H34N4O3S2. The van der Waals surface area contributed by atoms with E-state index in [1.807, 2.05) is 13.0 Å². The number of hydrogen-bond acceptors (Lipinski definition) is 7. The molecule has 0 aliphatic carbocycles. The molecule has 0 fully saturated rings. The van der Waals surface area contributed by atoms with Crippen molar-refractivity contribution < 1.29 is 14.3 Å². The first kappa shape index (κ1) is 27.3. The highest BCUT2D eigenvalue weighted by atomic mass is 32.2. The number of amides is 2. The molecule has 0 spiro atoms. The molecule has 2 aromatic rings. The summed E-state index contributed by atoms with van der Waals surface area (Å²) >= 11 is 6.94. The lowest BCUT2D eigenvalue weighted by molar-refractivity contribution is 0.103. The van der Waals surface area contributed by atoms with Crippen molar-refractivity contribution in [1.82, 2.24) is 9.91 Å². The van der Waals surface area contributed by atoms with E-state index >= 15 is 0 Å². The zero-order valence-corrected chi connectivity index (χ0v) is 23.5. The number of carbonyl (C=O) groups is 2. The molecule has 4 rings (SSSR count). The Morgan fingerprint density at radius 3 is 2.62 bits per heavy atom. The number of fused-ring (bicyclic) bond motifs is 1. The number of imide groups is 1. The molecule has 0 saturated heterocycles. The van der Waals surface area contributed by atoms with Gasteiger partial charge in [-0.15, -0.1) is 5.01 Å². The Balaban J connectivity index is 1.54. The number of anilines is 1. The summed E-state index contributed by atoms with van der Waals surface area (Å²) in [5, 5.41) is 4.72. The molecule has 7 nitrogen and oxygen atoms in total. The zero-order valence-electron chi connectivity index (χ0n) is 21.9. The fraction of sp³-hybridized carbons (Fsp3) is 0.429. The van der Waals surface area contributed by atoms with Crippen LogP contribution < -0.4 is 4.90 Å². The number of hydrogen-bond donors (Lipinski definition) is 0. The third kappa shape index (κ3) is 6.22. The lowest BCUT2D eigenvalue weighted by atomic mass is 9.96. The van der Waals surface area contributed by atoms with Crippen LogP contribution >= 0.6 is 24.0 Å². The van der Waals surface area contributed by atoms with Gasteiger partial charge in [-0.1, -0.05) is 73.7 Å². The Labute approximate surface area is 228 Å². The van der Waals surface area contributed by atoms with Gasteiger partial charge in [-0.3, -0.25) is 4.79 Å². The van der Waals surface area contributed by atoms with Gasteiger partial charge in [-0.2, -0.15) is 5.10 Å². The van der Waals surface area contributed by atoms with Gasteiger partial charge in [0, 0.05) is 24.3 Å². The van der Waals surface area contributed by atoms with Crippen LogP contribution in [0.15, 0.2) is 47.6 Å². The van der Waals surface area contributed by atoms with E-state index in [0.29, 0.717) is 12.3 Å². The number of thioether (sulfide) groups is 1. The van der Waals surface area contributed by atoms with Crippen LogP contribution in [0.3, 0.4) is 0 Å². The topological polar surface area (TPSA) is 65.5 Å². The molecule has 196 valence electrons. The van der Waals surface area contributed by atoms with E-state index in [4.69, 9.17) is 17.0 Å². The fourth-order valence-electron chi connectivity index (χ4n) is 4.58. The van der Waals surface area contributed by atoms with Gasteiger partial charge in [-0.25, -0.2) is 4.79 Å². The first-order valence-electron chi connectivity index (χ1n) is 12.8. The van der Waals surface area contributed by atoms with Crippen molar-refractivity contribution in [3.63, 3.8) is 0 Å². The third-order valence-electron chi connectivity index (χ3n) is 6.78. The SMILES string of the molecule is CCN(CC)CCOC(=O)N1N=C(c2ccc3c(c2)CCCN3C(=S)c2ccc(C)cc2)C(C)SC1=O. The van der Waals surface area contributed by atoms with Gasteiger partial charge in [-0.05, 0) is 63.0 Å². The van der Waals surface area contributed by atoms with Crippen LogP contribution in [0.1, 0.15) is 49.4 Å². The number of rotatable bonds is 7. The van der Waals surface area contributed by atoms with E-state index < -0.39 is 11.3 Å². The standard InChI is InChI=1S/C28H34N4O3S2/c1-5-30(6-2)16-17-35-27(33)32-28(34)37-20(4)25(29-32)23-13-14-24-22(18-23)8-7-15-31(24)26(36)21-11-9-19(3)10-12-21/h9-14,18,20H,5-8,15-17H2,1-4H3. The van der Waals surface area contributed by atoms with E-state index in [2.05, 4.69) is 72.1 Å². The Morgan fingerprint density at radius 2 is 1.92 bits per heavy atom. The van der Waals surface area contributed by atoms with Crippen LogP contribution in [0, 0.1) is 6.92 Å². The molecule has 9 heteroatoms. The van der Waals surface area contributed by atoms with Crippen molar-refractivity contribution in [3.05, 3.63) is 64.7 Å².